The summed E-state index contributed by atoms with van der Waals surface area (Å²) in [7, 11) is 0. The molecule has 2 rings (SSSR count). The molecule has 19 heavy (non-hydrogen) atoms. The minimum Gasteiger partial charge on any atom is -0.389 e. The Morgan fingerprint density at radius 3 is 2.53 bits per heavy atom. The number of hydrogen-bond donors (Lipinski definition) is 1. The van der Waals surface area contributed by atoms with Gasteiger partial charge in [0.1, 0.15) is 10.8 Å². The average molecular weight is 277 g/mol. The van der Waals surface area contributed by atoms with Crippen molar-refractivity contribution in [3.8, 4) is 0 Å². The largest absolute Gasteiger partial charge is 0.389 e. The van der Waals surface area contributed by atoms with Crippen LogP contribution in [0.3, 0.4) is 0 Å². The number of anilines is 1. The van der Waals surface area contributed by atoms with E-state index in [1.807, 2.05) is 18.3 Å². The quantitative estimate of drug-likeness (QED) is 0.844. The van der Waals surface area contributed by atoms with Gasteiger partial charge in [-0.2, -0.15) is 0 Å². The van der Waals surface area contributed by atoms with Gasteiger partial charge in [-0.05, 0) is 36.3 Å². The van der Waals surface area contributed by atoms with Gasteiger partial charge in [0.15, 0.2) is 0 Å². The maximum absolute atomic E-state index is 5.78. The summed E-state index contributed by atoms with van der Waals surface area (Å²) in [6, 6.07) is 3.85. The number of nitrogens with zero attached hydrogens (tertiary/aromatic N) is 2. The fourth-order valence-corrected chi connectivity index (χ4v) is 2.96. The van der Waals surface area contributed by atoms with Crippen molar-refractivity contribution in [2.75, 3.05) is 18.0 Å². The Morgan fingerprint density at radius 1 is 1.37 bits per heavy atom. The van der Waals surface area contributed by atoms with Crippen LogP contribution in [0.1, 0.15) is 39.2 Å². The third-order valence-corrected chi connectivity index (χ3v) is 4.29. The molecule has 0 bridgehead atoms. The van der Waals surface area contributed by atoms with Gasteiger partial charge in [0.05, 0.1) is 5.56 Å². The molecule has 3 nitrogen and oxygen atoms in total. The Labute approximate surface area is 121 Å². The number of thiocarbonyl (C=S) groups is 1. The summed E-state index contributed by atoms with van der Waals surface area (Å²) in [6.45, 7) is 9.06. The molecule has 0 atom stereocenters. The lowest BCUT2D eigenvalue weighted by Crippen LogP contribution is -2.39. The standard InChI is InChI=1S/C15H23N3S/c1-15(2,3)11-6-9-18(10-7-11)14-12(13(16)19)5-4-8-17-14/h4-5,8,11H,6-7,9-10H2,1-3H3,(H2,16,19). The average Bonchev–Trinajstić information content (AvgIpc) is 2.38. The molecule has 0 amide bonds. The Balaban J connectivity index is 2.12. The van der Waals surface area contributed by atoms with E-state index in [1.165, 1.54) is 12.8 Å². The molecule has 0 aromatic carbocycles. The van der Waals surface area contributed by atoms with E-state index in [-0.39, 0.29) is 0 Å². The summed E-state index contributed by atoms with van der Waals surface area (Å²) in [5.41, 5.74) is 7.07. The van der Waals surface area contributed by atoms with E-state index in [0.29, 0.717) is 10.4 Å². The van der Waals surface area contributed by atoms with Gasteiger partial charge < -0.3 is 10.6 Å². The normalized spacial score (nSPS) is 17.5. The van der Waals surface area contributed by atoms with E-state index in [4.69, 9.17) is 18.0 Å². The van der Waals surface area contributed by atoms with Crippen molar-refractivity contribution >= 4 is 23.0 Å². The van der Waals surface area contributed by atoms with E-state index in [0.717, 1.165) is 30.4 Å². The summed E-state index contributed by atoms with van der Waals surface area (Å²) in [4.78, 5) is 7.22. The van der Waals surface area contributed by atoms with Crippen LogP contribution in [0, 0.1) is 11.3 Å². The molecule has 4 heteroatoms. The lowest BCUT2D eigenvalue weighted by Gasteiger charge is -2.39. The fraction of sp³-hybridized carbons (Fsp3) is 0.600. The van der Waals surface area contributed by atoms with E-state index in [9.17, 15) is 0 Å². The second-order valence-electron chi connectivity index (χ2n) is 6.37. The van der Waals surface area contributed by atoms with Crippen molar-refractivity contribution in [2.45, 2.75) is 33.6 Å². The van der Waals surface area contributed by atoms with Gasteiger partial charge in [0.25, 0.3) is 0 Å². The van der Waals surface area contributed by atoms with Crippen LogP contribution >= 0.6 is 12.2 Å². The topological polar surface area (TPSA) is 42.2 Å². The van der Waals surface area contributed by atoms with E-state index >= 15 is 0 Å². The van der Waals surface area contributed by atoms with Gasteiger partial charge in [-0.15, -0.1) is 0 Å². The molecule has 0 aliphatic carbocycles. The Bertz CT molecular complexity index is 457. The summed E-state index contributed by atoms with van der Waals surface area (Å²) < 4.78 is 0. The summed E-state index contributed by atoms with van der Waals surface area (Å²) in [6.07, 6.45) is 4.22. The van der Waals surface area contributed by atoms with Crippen molar-refractivity contribution in [1.82, 2.24) is 4.98 Å². The molecule has 0 unspecified atom stereocenters. The van der Waals surface area contributed by atoms with Crippen LogP contribution in [0.5, 0.6) is 0 Å². The predicted octanol–water partition coefficient (Wildman–Crippen LogP) is 2.98. The lowest BCUT2D eigenvalue weighted by atomic mass is 9.75. The van der Waals surface area contributed by atoms with Crippen LogP contribution < -0.4 is 10.6 Å². The first-order valence-electron chi connectivity index (χ1n) is 6.89. The van der Waals surface area contributed by atoms with Gasteiger partial charge in [0, 0.05) is 19.3 Å². The van der Waals surface area contributed by atoms with Gasteiger partial charge >= 0.3 is 0 Å². The van der Waals surface area contributed by atoms with E-state index < -0.39 is 0 Å². The highest BCUT2D eigenvalue weighted by Gasteiger charge is 2.29. The summed E-state index contributed by atoms with van der Waals surface area (Å²) in [5, 5.41) is 0. The molecule has 2 N–H and O–H groups in total. The smallest absolute Gasteiger partial charge is 0.138 e. The zero-order valence-electron chi connectivity index (χ0n) is 12.0. The maximum atomic E-state index is 5.78. The van der Waals surface area contributed by atoms with Crippen molar-refractivity contribution in [1.29, 1.82) is 0 Å². The first-order chi connectivity index (χ1) is 8.89. The summed E-state index contributed by atoms with van der Waals surface area (Å²) in [5.74, 6) is 1.73. The molecule has 1 aromatic heterocycles. The molecule has 1 aliphatic heterocycles. The van der Waals surface area contributed by atoms with Crippen LogP contribution in [-0.2, 0) is 0 Å². The SMILES string of the molecule is CC(C)(C)C1CCN(c2ncccc2C(N)=S)CC1. The van der Waals surface area contributed by atoms with Crippen LogP contribution in [0.4, 0.5) is 5.82 Å². The highest BCUT2D eigenvalue weighted by atomic mass is 32.1. The van der Waals surface area contributed by atoms with Gasteiger partial charge in [-0.3, -0.25) is 0 Å². The number of nitrogens with two attached hydrogens (primary N) is 1. The molecular formula is C15H23N3S. The van der Waals surface area contributed by atoms with E-state index in [1.54, 1.807) is 0 Å². The van der Waals surface area contributed by atoms with Crippen LogP contribution in [-0.4, -0.2) is 23.1 Å². The first-order valence-corrected chi connectivity index (χ1v) is 7.30. The zero-order valence-corrected chi connectivity index (χ0v) is 12.8. The Hall–Kier alpha value is -1.16. The third-order valence-electron chi connectivity index (χ3n) is 4.07. The van der Waals surface area contributed by atoms with Crippen molar-refractivity contribution in [2.24, 2.45) is 17.1 Å². The molecule has 1 aliphatic rings. The molecule has 1 fully saturated rings. The number of aromatic nitrogens is 1. The second-order valence-corrected chi connectivity index (χ2v) is 6.81. The fourth-order valence-electron chi connectivity index (χ4n) is 2.80. The van der Waals surface area contributed by atoms with Crippen molar-refractivity contribution in [3.05, 3.63) is 23.9 Å². The first kappa shape index (κ1) is 14.3. The Morgan fingerprint density at radius 2 is 2.00 bits per heavy atom. The molecule has 0 saturated carbocycles. The molecule has 0 spiro atoms. The molecule has 2 heterocycles. The molecule has 1 aromatic rings. The van der Waals surface area contributed by atoms with Crippen molar-refractivity contribution < 1.29 is 0 Å². The Kier molecular flexibility index (Phi) is 4.09. The lowest BCUT2D eigenvalue weighted by molar-refractivity contribution is 0.198. The molecule has 1 saturated heterocycles. The number of pyridine rings is 1. The van der Waals surface area contributed by atoms with Gasteiger partial charge in [0.2, 0.25) is 0 Å². The van der Waals surface area contributed by atoms with Crippen LogP contribution in [0.15, 0.2) is 18.3 Å². The monoisotopic (exact) mass is 277 g/mol. The van der Waals surface area contributed by atoms with Gasteiger partial charge in [-0.25, -0.2) is 4.98 Å². The number of piperidine rings is 1. The van der Waals surface area contributed by atoms with Crippen LogP contribution in [0.25, 0.3) is 0 Å². The summed E-state index contributed by atoms with van der Waals surface area (Å²) >= 11 is 5.11. The molecule has 0 radical (unpaired) electrons. The van der Waals surface area contributed by atoms with E-state index in [2.05, 4.69) is 30.7 Å². The molecule has 104 valence electrons. The third kappa shape index (κ3) is 3.24. The highest BCUT2D eigenvalue weighted by Crippen LogP contribution is 2.35. The number of hydrogen-bond acceptors (Lipinski definition) is 3. The minimum atomic E-state index is 0.391. The zero-order chi connectivity index (χ0) is 14.0. The predicted molar refractivity (Wildman–Crippen MR) is 84.5 cm³/mol. The number of rotatable bonds is 2. The molecular weight excluding hydrogens is 254 g/mol. The highest BCUT2D eigenvalue weighted by molar-refractivity contribution is 7.80. The second kappa shape index (κ2) is 5.45. The van der Waals surface area contributed by atoms with Gasteiger partial charge in [-0.1, -0.05) is 33.0 Å². The maximum Gasteiger partial charge on any atom is 0.138 e. The minimum absolute atomic E-state index is 0.391. The van der Waals surface area contributed by atoms with Crippen molar-refractivity contribution in [3.63, 3.8) is 0 Å². The van der Waals surface area contributed by atoms with Crippen LogP contribution in [0.2, 0.25) is 0 Å².